The minimum atomic E-state index is -0.540. The first-order valence-corrected chi connectivity index (χ1v) is 5.88. The molecule has 0 aromatic carbocycles. The number of rotatable bonds is 7. The Kier molecular flexibility index (Phi) is 7.20. The molecule has 0 aromatic rings. The summed E-state index contributed by atoms with van der Waals surface area (Å²) in [6, 6.07) is 0. The zero-order chi connectivity index (χ0) is 11.1. The number of aliphatic hydroxyl groups is 2. The smallest absolute Gasteiger partial charge is 0.0826 e. The molecule has 0 bridgehead atoms. The molecule has 0 aliphatic carbocycles. The van der Waals surface area contributed by atoms with Crippen LogP contribution in [0.2, 0.25) is 0 Å². The van der Waals surface area contributed by atoms with Crippen molar-refractivity contribution in [3.63, 3.8) is 0 Å². The largest absolute Gasteiger partial charge is 0.390 e. The van der Waals surface area contributed by atoms with Gasteiger partial charge in [-0.05, 0) is 24.7 Å². The van der Waals surface area contributed by atoms with Gasteiger partial charge in [-0.25, -0.2) is 0 Å². The van der Waals surface area contributed by atoms with Gasteiger partial charge in [-0.3, -0.25) is 0 Å². The summed E-state index contributed by atoms with van der Waals surface area (Å²) in [4.78, 5) is 0. The van der Waals surface area contributed by atoms with Gasteiger partial charge in [0.25, 0.3) is 0 Å². The summed E-state index contributed by atoms with van der Waals surface area (Å²) in [5.74, 6) is 0.843. The zero-order valence-electron chi connectivity index (χ0n) is 10.0. The third-order valence-corrected chi connectivity index (χ3v) is 2.97. The van der Waals surface area contributed by atoms with Crippen LogP contribution in [0.25, 0.3) is 0 Å². The zero-order valence-corrected chi connectivity index (χ0v) is 10.0. The normalized spacial score (nSPS) is 16.3. The molecular weight excluding hydrogens is 176 g/mol. The molecule has 0 aliphatic rings. The molecular formula is C12H26O2. The summed E-state index contributed by atoms with van der Waals surface area (Å²) in [5.41, 5.74) is 0. The number of hydrogen-bond acceptors (Lipinski definition) is 2. The van der Waals surface area contributed by atoms with E-state index in [4.69, 9.17) is 0 Å². The Bertz CT molecular complexity index is 130. The summed E-state index contributed by atoms with van der Waals surface area (Å²) in [7, 11) is 0. The highest BCUT2D eigenvalue weighted by Crippen LogP contribution is 2.19. The Morgan fingerprint density at radius 3 is 1.79 bits per heavy atom. The van der Waals surface area contributed by atoms with Crippen LogP contribution >= 0.6 is 0 Å². The van der Waals surface area contributed by atoms with E-state index in [1.54, 1.807) is 0 Å². The van der Waals surface area contributed by atoms with Crippen LogP contribution in [0.4, 0.5) is 0 Å². The monoisotopic (exact) mass is 202 g/mol. The first kappa shape index (κ1) is 13.9. The molecule has 0 rings (SSSR count). The summed E-state index contributed by atoms with van der Waals surface area (Å²) in [6.07, 6.45) is 2.51. The first-order valence-electron chi connectivity index (χ1n) is 5.88. The molecule has 0 saturated carbocycles. The van der Waals surface area contributed by atoms with Gasteiger partial charge in [-0.15, -0.1) is 0 Å². The molecule has 0 amide bonds. The molecule has 14 heavy (non-hydrogen) atoms. The van der Waals surface area contributed by atoms with Gasteiger partial charge in [0, 0.05) is 0 Å². The maximum absolute atomic E-state index is 9.84. The molecule has 86 valence electrons. The molecule has 2 unspecified atom stereocenters. The molecule has 0 heterocycles. The summed E-state index contributed by atoms with van der Waals surface area (Å²) in [6.45, 7) is 8.39. The minimum Gasteiger partial charge on any atom is -0.390 e. The standard InChI is InChI=1S/C12H26O2/c1-5-10(6-2)12(14)11(13)8-7-9(3)4/h9-14H,5-8H2,1-4H3. The van der Waals surface area contributed by atoms with E-state index >= 15 is 0 Å². The van der Waals surface area contributed by atoms with Crippen molar-refractivity contribution in [2.24, 2.45) is 11.8 Å². The van der Waals surface area contributed by atoms with Crippen LogP contribution in [0.1, 0.15) is 53.4 Å². The Labute approximate surface area is 88.3 Å². The van der Waals surface area contributed by atoms with Gasteiger partial charge in [0.05, 0.1) is 12.2 Å². The fourth-order valence-electron chi connectivity index (χ4n) is 1.76. The Morgan fingerprint density at radius 2 is 1.43 bits per heavy atom. The van der Waals surface area contributed by atoms with Crippen LogP contribution in [0.5, 0.6) is 0 Å². The highest BCUT2D eigenvalue weighted by molar-refractivity contribution is 4.74. The molecule has 0 spiro atoms. The van der Waals surface area contributed by atoms with E-state index in [1.807, 2.05) is 0 Å². The maximum atomic E-state index is 9.84. The van der Waals surface area contributed by atoms with Gasteiger partial charge in [-0.1, -0.05) is 40.5 Å². The van der Waals surface area contributed by atoms with E-state index in [1.165, 1.54) is 0 Å². The Balaban J connectivity index is 3.90. The van der Waals surface area contributed by atoms with Crippen LogP contribution in [0.3, 0.4) is 0 Å². The third kappa shape index (κ3) is 4.97. The molecule has 2 nitrogen and oxygen atoms in total. The molecule has 0 aliphatic heterocycles. The van der Waals surface area contributed by atoms with Crippen molar-refractivity contribution in [2.75, 3.05) is 0 Å². The lowest BCUT2D eigenvalue weighted by molar-refractivity contribution is -0.0253. The second-order valence-corrected chi connectivity index (χ2v) is 4.61. The van der Waals surface area contributed by atoms with E-state index < -0.39 is 12.2 Å². The van der Waals surface area contributed by atoms with Gasteiger partial charge < -0.3 is 10.2 Å². The molecule has 2 atom stereocenters. The average molecular weight is 202 g/mol. The van der Waals surface area contributed by atoms with E-state index in [-0.39, 0.29) is 5.92 Å². The molecule has 0 aromatic heterocycles. The fraction of sp³-hybridized carbons (Fsp3) is 1.00. The Morgan fingerprint density at radius 1 is 0.929 bits per heavy atom. The van der Waals surface area contributed by atoms with Crippen molar-refractivity contribution in [2.45, 2.75) is 65.6 Å². The second-order valence-electron chi connectivity index (χ2n) is 4.61. The van der Waals surface area contributed by atoms with E-state index in [0.29, 0.717) is 5.92 Å². The minimum absolute atomic E-state index is 0.247. The maximum Gasteiger partial charge on any atom is 0.0826 e. The van der Waals surface area contributed by atoms with E-state index in [2.05, 4.69) is 27.7 Å². The van der Waals surface area contributed by atoms with Gasteiger partial charge in [0.2, 0.25) is 0 Å². The SMILES string of the molecule is CCC(CC)C(O)C(O)CCC(C)C. The molecule has 0 radical (unpaired) electrons. The highest BCUT2D eigenvalue weighted by atomic mass is 16.3. The lowest BCUT2D eigenvalue weighted by Crippen LogP contribution is -2.33. The van der Waals surface area contributed by atoms with Gasteiger partial charge in [0.1, 0.15) is 0 Å². The molecule has 0 saturated heterocycles. The lowest BCUT2D eigenvalue weighted by atomic mass is 9.90. The fourth-order valence-corrected chi connectivity index (χ4v) is 1.76. The van der Waals surface area contributed by atoms with Crippen molar-refractivity contribution in [1.29, 1.82) is 0 Å². The van der Waals surface area contributed by atoms with Gasteiger partial charge >= 0.3 is 0 Å². The predicted octanol–water partition coefficient (Wildman–Crippen LogP) is 2.58. The van der Waals surface area contributed by atoms with Crippen LogP contribution in [0, 0.1) is 11.8 Å². The van der Waals surface area contributed by atoms with E-state index in [9.17, 15) is 10.2 Å². The van der Waals surface area contributed by atoms with Gasteiger partial charge in [0.15, 0.2) is 0 Å². The Hall–Kier alpha value is -0.0800. The second kappa shape index (κ2) is 7.24. The molecule has 2 heteroatoms. The predicted molar refractivity (Wildman–Crippen MR) is 60.2 cm³/mol. The van der Waals surface area contributed by atoms with Crippen molar-refractivity contribution in [1.82, 2.24) is 0 Å². The van der Waals surface area contributed by atoms with E-state index in [0.717, 1.165) is 25.7 Å². The third-order valence-electron chi connectivity index (χ3n) is 2.97. The van der Waals surface area contributed by atoms with Crippen molar-refractivity contribution in [3.05, 3.63) is 0 Å². The van der Waals surface area contributed by atoms with Crippen molar-refractivity contribution in [3.8, 4) is 0 Å². The highest BCUT2D eigenvalue weighted by Gasteiger charge is 2.23. The van der Waals surface area contributed by atoms with Crippen LogP contribution in [0.15, 0.2) is 0 Å². The lowest BCUT2D eigenvalue weighted by Gasteiger charge is -2.25. The van der Waals surface area contributed by atoms with Crippen LogP contribution < -0.4 is 0 Å². The molecule has 2 N–H and O–H groups in total. The average Bonchev–Trinajstić information content (AvgIpc) is 2.15. The number of aliphatic hydroxyl groups excluding tert-OH is 2. The first-order chi connectivity index (χ1) is 6.52. The summed E-state index contributed by atoms with van der Waals surface area (Å²) in [5, 5.41) is 19.6. The van der Waals surface area contributed by atoms with Crippen LogP contribution in [-0.4, -0.2) is 22.4 Å². The van der Waals surface area contributed by atoms with Gasteiger partial charge in [-0.2, -0.15) is 0 Å². The summed E-state index contributed by atoms with van der Waals surface area (Å²) < 4.78 is 0. The molecule has 0 fully saturated rings. The number of hydrogen-bond donors (Lipinski definition) is 2. The topological polar surface area (TPSA) is 40.5 Å². The quantitative estimate of drug-likeness (QED) is 0.666. The summed E-state index contributed by atoms with van der Waals surface area (Å²) >= 11 is 0. The van der Waals surface area contributed by atoms with Crippen molar-refractivity contribution < 1.29 is 10.2 Å². The van der Waals surface area contributed by atoms with Crippen LogP contribution in [-0.2, 0) is 0 Å². The van der Waals surface area contributed by atoms with Crippen molar-refractivity contribution >= 4 is 0 Å².